The number of unbranched alkanes of at least 4 members (excludes halogenated alkanes) is 1. The molecule has 15 heteroatoms. The molecule has 1 saturated heterocycles. The van der Waals surface area contributed by atoms with Gasteiger partial charge in [-0.1, -0.05) is 38.5 Å². The van der Waals surface area contributed by atoms with Gasteiger partial charge in [0.2, 0.25) is 0 Å². The van der Waals surface area contributed by atoms with E-state index >= 15 is 0 Å². The van der Waals surface area contributed by atoms with Crippen LogP contribution in [-0.2, 0) is 26.8 Å². The van der Waals surface area contributed by atoms with Crippen molar-refractivity contribution < 1.29 is 26.0 Å². The molecule has 0 unspecified atom stereocenters. The molecule has 3 aliphatic rings. The molecule has 2 aliphatic carbocycles. The summed E-state index contributed by atoms with van der Waals surface area (Å²) >= 11 is 0. The lowest BCUT2D eigenvalue weighted by Gasteiger charge is -2.36. The molecule has 3 heterocycles. The van der Waals surface area contributed by atoms with Gasteiger partial charge in [-0.2, -0.15) is 31.5 Å². The third-order valence-corrected chi connectivity index (χ3v) is 13.5. The third-order valence-electron chi connectivity index (χ3n) is 10.9. The molecule has 0 spiro atoms. The monoisotopic (exact) mass is 763 g/mol. The number of rotatable bonds is 13. The lowest BCUT2D eigenvalue weighted by molar-refractivity contribution is 0.0956. The molecule has 1 amide bonds. The molecule has 0 atom stereocenters. The maximum absolute atomic E-state index is 13.5. The predicted molar refractivity (Wildman–Crippen MR) is 205 cm³/mol. The van der Waals surface area contributed by atoms with Crippen molar-refractivity contribution in [3.05, 3.63) is 65.5 Å². The zero-order valence-corrected chi connectivity index (χ0v) is 31.7. The van der Waals surface area contributed by atoms with E-state index in [0.29, 0.717) is 23.1 Å². The topological polar surface area (TPSA) is 170 Å². The van der Waals surface area contributed by atoms with Crippen LogP contribution in [0.1, 0.15) is 98.7 Å². The molecule has 1 aliphatic heterocycles. The Bertz CT molecular complexity index is 2190. The Labute approximate surface area is 312 Å². The molecule has 2 saturated carbocycles. The normalized spacial score (nSPS) is 18.4. The Balaban J connectivity index is 0.910. The average Bonchev–Trinajstić information content (AvgIpc) is 3.76. The van der Waals surface area contributed by atoms with E-state index in [2.05, 4.69) is 30.0 Å². The van der Waals surface area contributed by atoms with Gasteiger partial charge in [0.05, 0.1) is 17.1 Å². The van der Waals surface area contributed by atoms with Crippen molar-refractivity contribution in [3.8, 4) is 6.07 Å². The molecule has 3 N–H and O–H groups in total. The quantitative estimate of drug-likeness (QED) is 0.153. The van der Waals surface area contributed by atoms with Crippen LogP contribution in [0.15, 0.2) is 53.1 Å². The summed E-state index contributed by atoms with van der Waals surface area (Å²) in [6.07, 6.45) is 13.8. The maximum atomic E-state index is 13.5. The first-order valence-corrected chi connectivity index (χ1v) is 21.9. The predicted octanol–water partition coefficient (Wildman–Crippen LogP) is 5.32. The lowest BCUT2D eigenvalue weighted by atomic mass is 9.96. The second-order valence-corrected chi connectivity index (χ2v) is 17.8. The highest BCUT2D eigenvalue weighted by Crippen LogP contribution is 2.29. The smallest absolute Gasteiger partial charge is 0.305 e. The summed E-state index contributed by atoms with van der Waals surface area (Å²) in [6.45, 7) is 4.36. The van der Waals surface area contributed by atoms with Crippen molar-refractivity contribution in [2.45, 2.75) is 95.6 Å². The first-order valence-electron chi connectivity index (χ1n) is 19.0. The molecule has 0 radical (unpaired) electrons. The molecule has 13 nitrogen and oxygen atoms in total. The van der Waals surface area contributed by atoms with Gasteiger partial charge in [0.1, 0.15) is 5.58 Å². The SMILES string of the molecule is N#Cc1ccc2c(c1)c(CCCCN1CCN(c3ccc4oc(C(=O)NS(=O)(=O)NC5CCCCC5)cc4c3)CC1)cn2S(=O)(=O)NC1CCCCC1. The molecule has 7 rings (SSSR count). The van der Waals surface area contributed by atoms with Gasteiger partial charge in [-0.3, -0.25) is 9.69 Å². The number of aromatic nitrogens is 1. The lowest BCUT2D eigenvalue weighted by Crippen LogP contribution is -2.46. The van der Waals surface area contributed by atoms with Crippen molar-refractivity contribution in [1.29, 1.82) is 5.26 Å². The minimum absolute atomic E-state index is 0.0468. The third kappa shape index (κ3) is 9.06. The molecular formula is C38H49N7O6S2. The number of nitrogens with zero attached hydrogens (tertiary/aromatic N) is 4. The largest absolute Gasteiger partial charge is 0.451 e. The highest BCUT2D eigenvalue weighted by Gasteiger charge is 2.26. The summed E-state index contributed by atoms with van der Waals surface area (Å²) in [4.78, 5) is 17.5. The van der Waals surface area contributed by atoms with Crippen LogP contribution in [0.3, 0.4) is 0 Å². The summed E-state index contributed by atoms with van der Waals surface area (Å²) in [7, 11) is -7.76. The molecule has 2 aromatic heterocycles. The number of nitriles is 1. The van der Waals surface area contributed by atoms with Crippen LogP contribution in [0.5, 0.6) is 0 Å². The van der Waals surface area contributed by atoms with Crippen LogP contribution in [0.2, 0.25) is 0 Å². The molecule has 284 valence electrons. The molecular weight excluding hydrogens is 715 g/mol. The van der Waals surface area contributed by atoms with Crippen LogP contribution in [0.25, 0.3) is 21.9 Å². The fourth-order valence-electron chi connectivity index (χ4n) is 8.08. The Morgan fingerprint density at radius 3 is 2.23 bits per heavy atom. The van der Waals surface area contributed by atoms with E-state index in [1.54, 1.807) is 30.5 Å². The standard InChI is InChI=1S/C38H49N7O6S2/c39-26-28-14-16-35-34(23-28)29(27-45(35)53(49,50)41-32-12-5-2-6-13-32)9-7-8-18-43-19-21-44(22-20-43)33-15-17-36-30(24-33)25-37(51-36)38(46)42-52(47,48)40-31-10-3-1-4-11-31/h14-17,23-25,27,31-32,40-41H,1-13,18-22H2,(H,42,46). The zero-order chi connectivity index (χ0) is 37.0. The van der Waals surface area contributed by atoms with Crippen LogP contribution in [0.4, 0.5) is 5.69 Å². The Hall–Kier alpha value is -3.94. The fourth-order valence-corrected chi connectivity index (χ4v) is 10.6. The number of hydrogen-bond acceptors (Lipinski definition) is 9. The first kappa shape index (κ1) is 37.4. The Morgan fingerprint density at radius 1 is 0.830 bits per heavy atom. The summed E-state index contributed by atoms with van der Waals surface area (Å²) < 4.78 is 66.8. The van der Waals surface area contributed by atoms with E-state index in [9.17, 15) is 26.9 Å². The fraction of sp³-hybridized carbons (Fsp3) is 0.526. The highest BCUT2D eigenvalue weighted by atomic mass is 32.2. The van der Waals surface area contributed by atoms with E-state index in [4.69, 9.17) is 4.42 Å². The minimum atomic E-state index is -4.00. The van der Waals surface area contributed by atoms with E-state index in [1.165, 1.54) is 3.97 Å². The van der Waals surface area contributed by atoms with E-state index in [1.807, 2.05) is 18.2 Å². The van der Waals surface area contributed by atoms with Crippen molar-refractivity contribution in [2.24, 2.45) is 0 Å². The zero-order valence-electron chi connectivity index (χ0n) is 30.1. The number of carbonyl (C=O) groups excluding carboxylic acids is 1. The summed E-state index contributed by atoms with van der Waals surface area (Å²) in [5, 5.41) is 11.1. The number of fused-ring (bicyclic) bond motifs is 2. The molecule has 53 heavy (non-hydrogen) atoms. The summed E-state index contributed by atoms with van der Waals surface area (Å²) in [6, 6.07) is 14.5. The number of furan rings is 1. The van der Waals surface area contributed by atoms with E-state index in [0.717, 1.165) is 132 Å². The first-order chi connectivity index (χ1) is 25.6. The van der Waals surface area contributed by atoms with Crippen molar-refractivity contribution in [3.63, 3.8) is 0 Å². The number of hydrogen-bond donors (Lipinski definition) is 3. The Morgan fingerprint density at radius 2 is 1.53 bits per heavy atom. The van der Waals surface area contributed by atoms with Crippen LogP contribution in [-0.4, -0.2) is 76.4 Å². The van der Waals surface area contributed by atoms with E-state index < -0.39 is 26.3 Å². The van der Waals surface area contributed by atoms with Gasteiger partial charge in [0.25, 0.3) is 0 Å². The number of carbonyl (C=O) groups is 1. The van der Waals surface area contributed by atoms with Gasteiger partial charge in [-0.25, -0.2) is 8.69 Å². The van der Waals surface area contributed by atoms with Gasteiger partial charge in [-0.05, 0) is 99.5 Å². The van der Waals surface area contributed by atoms with Crippen molar-refractivity contribution in [2.75, 3.05) is 37.6 Å². The van der Waals surface area contributed by atoms with Gasteiger partial charge < -0.3 is 9.32 Å². The minimum Gasteiger partial charge on any atom is -0.451 e. The number of aryl methyl sites for hydroxylation is 1. The second-order valence-electron chi connectivity index (χ2n) is 14.8. The van der Waals surface area contributed by atoms with Crippen molar-refractivity contribution >= 4 is 53.9 Å². The average molecular weight is 764 g/mol. The summed E-state index contributed by atoms with van der Waals surface area (Å²) in [5.41, 5.74) is 3.57. The van der Waals surface area contributed by atoms with Crippen LogP contribution in [0, 0.1) is 11.3 Å². The number of piperazine rings is 1. The number of benzene rings is 2. The van der Waals surface area contributed by atoms with Gasteiger partial charge in [-0.15, -0.1) is 0 Å². The molecule has 3 fully saturated rings. The van der Waals surface area contributed by atoms with Crippen LogP contribution < -0.4 is 19.1 Å². The second kappa shape index (κ2) is 16.2. The Kier molecular flexibility index (Phi) is 11.4. The van der Waals surface area contributed by atoms with Gasteiger partial charge >= 0.3 is 26.3 Å². The van der Waals surface area contributed by atoms with E-state index in [-0.39, 0.29) is 17.8 Å². The molecule has 4 aromatic rings. The number of anilines is 1. The van der Waals surface area contributed by atoms with Crippen LogP contribution >= 0.6 is 0 Å². The number of amides is 1. The van der Waals surface area contributed by atoms with Gasteiger partial charge in [0.15, 0.2) is 5.76 Å². The summed E-state index contributed by atoms with van der Waals surface area (Å²) in [5.74, 6) is -0.849. The molecule has 0 bridgehead atoms. The van der Waals surface area contributed by atoms with Crippen molar-refractivity contribution in [1.82, 2.24) is 23.0 Å². The van der Waals surface area contributed by atoms with Gasteiger partial charge in [0, 0.05) is 60.9 Å². The maximum Gasteiger partial charge on any atom is 0.305 e. The highest BCUT2D eigenvalue weighted by molar-refractivity contribution is 7.88. The number of nitrogens with one attached hydrogen (secondary N) is 3. The molecule has 2 aromatic carbocycles.